The second-order valence-electron chi connectivity index (χ2n) is 7.18. The number of nitrogens with zero attached hydrogens (tertiary/aromatic N) is 2. The number of aromatic amines is 1. The number of aryl methyl sites for hydroxylation is 1. The number of aromatic nitrogens is 2. The van der Waals surface area contributed by atoms with Crippen LogP contribution in [0.1, 0.15) is 39.3 Å². The summed E-state index contributed by atoms with van der Waals surface area (Å²) in [6.07, 6.45) is 4.61. The fourth-order valence-electron chi connectivity index (χ4n) is 3.96. The van der Waals surface area contributed by atoms with E-state index in [4.69, 9.17) is 4.74 Å². The predicted molar refractivity (Wildman–Crippen MR) is 107 cm³/mol. The molecule has 3 aromatic rings. The number of hydrogen-bond donors (Lipinski definition) is 1. The number of benzene rings is 1. The number of amides is 1. The zero-order valence-electron chi connectivity index (χ0n) is 16.1. The Balaban J connectivity index is 1.49. The standard InChI is InChI=1S/C22H23N3O3/c1-14-17-6-3-7-18(28-2)20(17)24-19(14)22(27)25-11-8-15(9-12-25)21(26)16-5-4-10-23-13-16/h3-7,10,13,15,24H,8-9,11-12H2,1-2H3. The van der Waals surface area contributed by atoms with Crippen LogP contribution in [0.25, 0.3) is 10.9 Å². The normalized spacial score (nSPS) is 15.0. The van der Waals surface area contributed by atoms with E-state index < -0.39 is 0 Å². The third-order valence-corrected chi connectivity index (χ3v) is 5.59. The van der Waals surface area contributed by atoms with E-state index in [1.54, 1.807) is 31.6 Å². The van der Waals surface area contributed by atoms with Gasteiger partial charge in [-0.3, -0.25) is 14.6 Å². The third kappa shape index (κ3) is 3.15. The van der Waals surface area contributed by atoms with Gasteiger partial charge >= 0.3 is 0 Å². The Labute approximate surface area is 163 Å². The summed E-state index contributed by atoms with van der Waals surface area (Å²) in [4.78, 5) is 34.8. The molecule has 3 heterocycles. The van der Waals surface area contributed by atoms with Gasteiger partial charge in [0.2, 0.25) is 0 Å². The van der Waals surface area contributed by atoms with Crippen LogP contribution in [0.15, 0.2) is 42.7 Å². The Kier molecular flexibility index (Phi) is 4.86. The van der Waals surface area contributed by atoms with E-state index in [-0.39, 0.29) is 17.6 Å². The van der Waals surface area contributed by atoms with Crippen molar-refractivity contribution >= 4 is 22.6 Å². The summed E-state index contributed by atoms with van der Waals surface area (Å²) in [6.45, 7) is 3.09. The fraction of sp³-hybridized carbons (Fsp3) is 0.318. The van der Waals surface area contributed by atoms with E-state index in [0.717, 1.165) is 22.2 Å². The number of para-hydroxylation sites is 1. The zero-order valence-corrected chi connectivity index (χ0v) is 16.1. The molecule has 0 radical (unpaired) electrons. The van der Waals surface area contributed by atoms with Crippen molar-refractivity contribution in [1.29, 1.82) is 0 Å². The van der Waals surface area contributed by atoms with Crippen molar-refractivity contribution in [2.75, 3.05) is 20.2 Å². The van der Waals surface area contributed by atoms with Crippen molar-refractivity contribution in [2.45, 2.75) is 19.8 Å². The largest absolute Gasteiger partial charge is 0.495 e. The van der Waals surface area contributed by atoms with Crippen LogP contribution >= 0.6 is 0 Å². The molecule has 4 rings (SSSR count). The average Bonchev–Trinajstić information content (AvgIpc) is 3.10. The van der Waals surface area contributed by atoms with Crippen molar-refractivity contribution < 1.29 is 14.3 Å². The lowest BCUT2D eigenvalue weighted by Crippen LogP contribution is -2.40. The number of ketones is 1. The number of likely N-dealkylation sites (tertiary alicyclic amines) is 1. The predicted octanol–water partition coefficient (Wildman–Crippen LogP) is 3.62. The Morgan fingerprint density at radius 3 is 2.64 bits per heavy atom. The molecule has 1 aromatic carbocycles. The number of carbonyl (C=O) groups excluding carboxylic acids is 2. The average molecular weight is 377 g/mol. The van der Waals surface area contributed by atoms with E-state index in [2.05, 4.69) is 9.97 Å². The van der Waals surface area contributed by atoms with Gasteiger partial charge in [-0.15, -0.1) is 0 Å². The lowest BCUT2D eigenvalue weighted by atomic mass is 9.89. The van der Waals surface area contributed by atoms with Crippen molar-refractivity contribution in [3.05, 3.63) is 59.5 Å². The maximum absolute atomic E-state index is 13.1. The van der Waals surface area contributed by atoms with Gasteiger partial charge in [-0.1, -0.05) is 12.1 Å². The van der Waals surface area contributed by atoms with Crippen LogP contribution in [0, 0.1) is 12.8 Å². The minimum atomic E-state index is -0.0582. The van der Waals surface area contributed by atoms with Gasteiger partial charge in [0.25, 0.3) is 5.91 Å². The summed E-state index contributed by atoms with van der Waals surface area (Å²) in [5.41, 5.74) is 3.00. The van der Waals surface area contributed by atoms with Crippen LogP contribution < -0.4 is 4.74 Å². The monoisotopic (exact) mass is 377 g/mol. The molecule has 0 atom stereocenters. The van der Waals surface area contributed by atoms with Crippen LogP contribution in [0.2, 0.25) is 0 Å². The lowest BCUT2D eigenvalue weighted by Gasteiger charge is -2.31. The minimum absolute atomic E-state index is 0.0250. The number of ether oxygens (including phenoxy) is 1. The van der Waals surface area contributed by atoms with Crippen LogP contribution in [0.3, 0.4) is 0 Å². The first-order valence-corrected chi connectivity index (χ1v) is 9.49. The maximum atomic E-state index is 13.1. The summed E-state index contributed by atoms with van der Waals surface area (Å²) >= 11 is 0. The number of H-pyrrole nitrogens is 1. The molecule has 1 aliphatic rings. The number of methoxy groups -OCH3 is 1. The van der Waals surface area contributed by atoms with Crippen LogP contribution in [0.5, 0.6) is 5.75 Å². The fourth-order valence-corrected chi connectivity index (χ4v) is 3.96. The van der Waals surface area contributed by atoms with Gasteiger partial charge in [0.1, 0.15) is 11.4 Å². The number of pyridine rings is 1. The van der Waals surface area contributed by atoms with Crippen molar-refractivity contribution in [3.8, 4) is 5.75 Å². The Hall–Kier alpha value is -3.15. The molecule has 1 amide bonds. The number of carbonyl (C=O) groups is 2. The van der Waals surface area contributed by atoms with Crippen LogP contribution in [-0.4, -0.2) is 46.8 Å². The molecular weight excluding hydrogens is 354 g/mol. The van der Waals surface area contributed by atoms with Crippen LogP contribution in [0.4, 0.5) is 0 Å². The Bertz CT molecular complexity index is 1020. The molecule has 28 heavy (non-hydrogen) atoms. The van der Waals surface area contributed by atoms with Crippen molar-refractivity contribution in [3.63, 3.8) is 0 Å². The summed E-state index contributed by atoms with van der Waals surface area (Å²) < 4.78 is 5.40. The molecule has 0 saturated carbocycles. The Morgan fingerprint density at radius 2 is 1.96 bits per heavy atom. The SMILES string of the molecule is COc1cccc2c(C)c(C(=O)N3CCC(C(=O)c4cccnc4)CC3)[nH]c12. The lowest BCUT2D eigenvalue weighted by molar-refractivity contribution is 0.0645. The van der Waals surface area contributed by atoms with Gasteiger partial charge in [-0.2, -0.15) is 0 Å². The molecule has 6 nitrogen and oxygen atoms in total. The van der Waals surface area contributed by atoms with Gasteiger partial charge in [-0.05, 0) is 43.5 Å². The smallest absolute Gasteiger partial charge is 0.270 e. The number of Topliss-reactive ketones (excluding diaryl/α,β-unsaturated/α-hetero) is 1. The molecule has 1 N–H and O–H groups in total. The zero-order chi connectivity index (χ0) is 19.7. The second-order valence-corrected chi connectivity index (χ2v) is 7.18. The summed E-state index contributed by atoms with van der Waals surface area (Å²) in [5, 5.41) is 0.990. The highest BCUT2D eigenvalue weighted by atomic mass is 16.5. The molecule has 0 unspecified atom stereocenters. The number of piperidine rings is 1. The van der Waals surface area contributed by atoms with Gasteiger partial charge in [0.05, 0.1) is 12.6 Å². The molecule has 0 bridgehead atoms. The molecular formula is C22H23N3O3. The third-order valence-electron chi connectivity index (χ3n) is 5.59. The first kappa shape index (κ1) is 18.2. The molecule has 1 fully saturated rings. The second kappa shape index (κ2) is 7.46. The molecule has 144 valence electrons. The van der Waals surface area contributed by atoms with E-state index in [1.807, 2.05) is 30.0 Å². The first-order valence-electron chi connectivity index (χ1n) is 9.49. The number of rotatable bonds is 4. The minimum Gasteiger partial charge on any atom is -0.495 e. The topological polar surface area (TPSA) is 75.3 Å². The molecule has 1 aliphatic heterocycles. The van der Waals surface area contributed by atoms with Gasteiger partial charge in [-0.25, -0.2) is 0 Å². The van der Waals surface area contributed by atoms with E-state index in [1.165, 1.54) is 0 Å². The molecule has 0 spiro atoms. The van der Waals surface area contributed by atoms with Crippen molar-refractivity contribution in [2.24, 2.45) is 5.92 Å². The first-order chi connectivity index (χ1) is 13.6. The van der Waals surface area contributed by atoms with E-state index in [0.29, 0.717) is 37.2 Å². The van der Waals surface area contributed by atoms with Gasteiger partial charge < -0.3 is 14.6 Å². The summed E-state index contributed by atoms with van der Waals surface area (Å²) in [5.74, 6) is 0.757. The van der Waals surface area contributed by atoms with E-state index in [9.17, 15) is 9.59 Å². The highest BCUT2D eigenvalue weighted by Gasteiger charge is 2.30. The van der Waals surface area contributed by atoms with Crippen molar-refractivity contribution in [1.82, 2.24) is 14.9 Å². The van der Waals surface area contributed by atoms with Gasteiger partial charge in [0, 0.05) is 42.4 Å². The number of fused-ring (bicyclic) bond motifs is 1. The molecule has 1 saturated heterocycles. The molecule has 0 aliphatic carbocycles. The number of hydrogen-bond acceptors (Lipinski definition) is 4. The van der Waals surface area contributed by atoms with E-state index >= 15 is 0 Å². The highest BCUT2D eigenvalue weighted by Crippen LogP contribution is 2.30. The molecule has 6 heteroatoms. The van der Waals surface area contributed by atoms with Gasteiger partial charge in [0.15, 0.2) is 5.78 Å². The Morgan fingerprint density at radius 1 is 1.18 bits per heavy atom. The number of nitrogens with one attached hydrogen (secondary N) is 1. The quantitative estimate of drug-likeness (QED) is 0.705. The summed E-state index contributed by atoms with van der Waals surface area (Å²) in [7, 11) is 1.62. The van der Waals surface area contributed by atoms with Crippen LogP contribution in [-0.2, 0) is 0 Å². The summed E-state index contributed by atoms with van der Waals surface area (Å²) in [6, 6.07) is 9.36. The highest BCUT2D eigenvalue weighted by molar-refractivity contribution is 6.02. The molecule has 2 aromatic heterocycles. The maximum Gasteiger partial charge on any atom is 0.270 e.